The number of benzene rings is 3. The zero-order chi connectivity index (χ0) is 28.8. The van der Waals surface area contributed by atoms with Crippen molar-refractivity contribution >= 4 is 62.6 Å². The third-order valence-corrected chi connectivity index (χ3v) is 8.31. The predicted octanol–water partition coefficient (Wildman–Crippen LogP) is 4.23. The second kappa shape index (κ2) is 12.6. The number of oxime groups is 1. The summed E-state index contributed by atoms with van der Waals surface area (Å²) in [6.07, 6.45) is 0. The monoisotopic (exact) mass is 679 g/mol. The van der Waals surface area contributed by atoms with Crippen LogP contribution >= 0.6 is 33.9 Å². The Labute approximate surface area is 254 Å². The van der Waals surface area contributed by atoms with Crippen molar-refractivity contribution in [3.63, 3.8) is 0 Å². The molecule has 0 radical (unpaired) electrons. The fraction of sp³-hybridized carbons (Fsp3) is 0.167. The number of alkyl halides is 1. The molecule has 1 aromatic heterocycles. The lowest BCUT2D eigenvalue weighted by atomic mass is 9.77. The van der Waals surface area contributed by atoms with Crippen molar-refractivity contribution in [1.82, 2.24) is 15.6 Å². The molecule has 208 valence electrons. The van der Waals surface area contributed by atoms with Crippen LogP contribution in [0.5, 0.6) is 0 Å². The highest BCUT2D eigenvalue weighted by Gasteiger charge is 2.41. The van der Waals surface area contributed by atoms with E-state index in [4.69, 9.17) is 9.82 Å². The highest BCUT2D eigenvalue weighted by Crippen LogP contribution is 2.40. The standard InChI is InChI=1S/C30H26IN5O4S/c1-19(37)40-36-26(28(39)34-25-23(17-31)32-27(25)38)24-18-41-29(33-24)35-30(20-11-5-2-6-12-20,21-13-7-3-8-14-21)22-15-9-4-10-16-22/h2-16,18,23,25H,17H2,1H3,(H,32,38)(H,33,35)(H,34,39). The van der Waals surface area contributed by atoms with Crippen LogP contribution < -0.4 is 16.0 Å². The lowest BCUT2D eigenvalue weighted by Gasteiger charge is -2.36. The Kier molecular flexibility index (Phi) is 8.74. The molecule has 1 aliphatic rings. The van der Waals surface area contributed by atoms with E-state index in [1.807, 2.05) is 54.6 Å². The average Bonchev–Trinajstić information content (AvgIpc) is 3.46. The van der Waals surface area contributed by atoms with Gasteiger partial charge in [-0.15, -0.1) is 11.3 Å². The summed E-state index contributed by atoms with van der Waals surface area (Å²) in [5.74, 6) is -1.64. The van der Waals surface area contributed by atoms with E-state index in [2.05, 4.69) is 80.1 Å². The fourth-order valence-corrected chi connectivity index (χ4v) is 6.12. The number of carbonyl (C=O) groups excluding carboxylic acids is 3. The van der Waals surface area contributed by atoms with Gasteiger partial charge < -0.3 is 20.8 Å². The normalized spacial score (nSPS) is 16.7. The smallest absolute Gasteiger partial charge is 0.332 e. The number of nitrogens with zero attached hydrogens (tertiary/aromatic N) is 2. The summed E-state index contributed by atoms with van der Waals surface area (Å²) < 4.78 is 0.621. The minimum Gasteiger partial charge on any atom is -0.348 e. The summed E-state index contributed by atoms with van der Waals surface area (Å²) in [4.78, 5) is 46.4. The summed E-state index contributed by atoms with van der Waals surface area (Å²) >= 11 is 3.42. The zero-order valence-electron chi connectivity index (χ0n) is 21.9. The Bertz CT molecular complexity index is 1470. The molecule has 1 fully saturated rings. The van der Waals surface area contributed by atoms with Crippen LogP contribution in [0.2, 0.25) is 0 Å². The van der Waals surface area contributed by atoms with Crippen LogP contribution in [0.3, 0.4) is 0 Å². The molecule has 5 rings (SSSR count). The molecule has 1 aliphatic heterocycles. The van der Waals surface area contributed by atoms with E-state index in [-0.39, 0.29) is 23.4 Å². The van der Waals surface area contributed by atoms with E-state index in [1.165, 1.54) is 18.3 Å². The molecule has 4 aromatic rings. The molecule has 1 saturated heterocycles. The SMILES string of the molecule is CC(=O)ON=C(C(=O)NC1C(=O)NC1CI)c1csc(NC(c2ccccc2)(c2ccccc2)c2ccccc2)n1. The first-order valence-electron chi connectivity index (χ1n) is 12.8. The Balaban J connectivity index is 1.55. The van der Waals surface area contributed by atoms with Crippen LogP contribution in [0.4, 0.5) is 5.13 Å². The summed E-state index contributed by atoms with van der Waals surface area (Å²) in [5, 5.41) is 15.1. The molecule has 2 amide bonds. The lowest BCUT2D eigenvalue weighted by molar-refractivity contribution is -0.141. The molecule has 9 nitrogen and oxygen atoms in total. The summed E-state index contributed by atoms with van der Waals surface area (Å²) in [6, 6.07) is 29.2. The van der Waals surface area contributed by atoms with Gasteiger partial charge in [-0.2, -0.15) is 0 Å². The quantitative estimate of drug-likeness (QED) is 0.0439. The van der Waals surface area contributed by atoms with Crippen LogP contribution in [0.15, 0.2) is 102 Å². The van der Waals surface area contributed by atoms with Crippen molar-refractivity contribution < 1.29 is 19.2 Å². The molecule has 2 unspecified atom stereocenters. The van der Waals surface area contributed by atoms with Gasteiger partial charge in [0.05, 0.1) is 6.04 Å². The van der Waals surface area contributed by atoms with Gasteiger partial charge in [-0.3, -0.25) is 9.59 Å². The molecule has 11 heteroatoms. The number of hydrogen-bond donors (Lipinski definition) is 3. The van der Waals surface area contributed by atoms with Crippen molar-refractivity contribution in [2.24, 2.45) is 5.16 Å². The molecule has 3 N–H and O–H groups in total. The van der Waals surface area contributed by atoms with Gasteiger partial charge in [0.2, 0.25) is 5.91 Å². The highest BCUT2D eigenvalue weighted by molar-refractivity contribution is 14.1. The van der Waals surface area contributed by atoms with E-state index in [9.17, 15) is 14.4 Å². The topological polar surface area (TPSA) is 122 Å². The maximum absolute atomic E-state index is 13.3. The van der Waals surface area contributed by atoms with Crippen LogP contribution in [0, 0.1) is 0 Å². The number of halogens is 1. The van der Waals surface area contributed by atoms with E-state index in [1.54, 1.807) is 5.38 Å². The molecule has 3 aromatic carbocycles. The Morgan fingerprint density at radius 1 is 0.976 bits per heavy atom. The largest absolute Gasteiger partial charge is 0.348 e. The average molecular weight is 680 g/mol. The fourth-order valence-electron chi connectivity index (χ4n) is 4.64. The zero-order valence-corrected chi connectivity index (χ0v) is 24.9. The first kappa shape index (κ1) is 28.4. The molecular weight excluding hydrogens is 653 g/mol. The molecule has 0 bridgehead atoms. The van der Waals surface area contributed by atoms with Crippen molar-refractivity contribution in [2.45, 2.75) is 24.5 Å². The summed E-state index contributed by atoms with van der Waals surface area (Å²) in [6.45, 7) is 1.19. The maximum Gasteiger partial charge on any atom is 0.332 e. The van der Waals surface area contributed by atoms with Gasteiger partial charge in [-0.25, -0.2) is 9.78 Å². The van der Waals surface area contributed by atoms with E-state index in [0.717, 1.165) is 16.7 Å². The van der Waals surface area contributed by atoms with Gasteiger partial charge in [0, 0.05) is 16.7 Å². The number of anilines is 1. The summed E-state index contributed by atoms with van der Waals surface area (Å²) in [7, 11) is 0. The predicted molar refractivity (Wildman–Crippen MR) is 166 cm³/mol. The Morgan fingerprint density at radius 2 is 1.51 bits per heavy atom. The molecule has 0 spiro atoms. The number of amides is 2. The molecule has 2 heterocycles. The van der Waals surface area contributed by atoms with Crippen molar-refractivity contribution in [2.75, 3.05) is 9.74 Å². The van der Waals surface area contributed by atoms with Gasteiger partial charge in [-0.05, 0) is 16.7 Å². The van der Waals surface area contributed by atoms with Crippen LogP contribution in [0.25, 0.3) is 0 Å². The van der Waals surface area contributed by atoms with E-state index < -0.39 is 23.5 Å². The first-order chi connectivity index (χ1) is 19.9. The van der Waals surface area contributed by atoms with Crippen LogP contribution in [0.1, 0.15) is 29.3 Å². The minimum absolute atomic E-state index is 0.196. The van der Waals surface area contributed by atoms with E-state index >= 15 is 0 Å². The maximum atomic E-state index is 13.3. The molecular formula is C30H26IN5O4S. The molecule has 2 atom stereocenters. The first-order valence-corrected chi connectivity index (χ1v) is 15.2. The summed E-state index contributed by atoms with van der Waals surface area (Å²) in [5.41, 5.74) is 2.13. The number of carbonyl (C=O) groups is 3. The lowest BCUT2D eigenvalue weighted by Crippen LogP contribution is -2.70. The molecule has 0 saturated carbocycles. The van der Waals surface area contributed by atoms with Gasteiger partial charge >= 0.3 is 5.97 Å². The number of thiazole rings is 1. The Hall–Kier alpha value is -4.10. The van der Waals surface area contributed by atoms with Gasteiger partial charge in [-0.1, -0.05) is 119 Å². The molecule has 41 heavy (non-hydrogen) atoms. The van der Waals surface area contributed by atoms with E-state index in [0.29, 0.717) is 9.56 Å². The number of hydrogen-bond acceptors (Lipinski definition) is 8. The van der Waals surface area contributed by atoms with Crippen molar-refractivity contribution in [3.05, 3.63) is 119 Å². The second-order valence-corrected chi connectivity index (χ2v) is 11.0. The minimum atomic E-state index is -0.828. The number of nitrogens with one attached hydrogen (secondary N) is 3. The number of aromatic nitrogens is 1. The van der Waals surface area contributed by atoms with Crippen LogP contribution in [-0.4, -0.2) is 45.0 Å². The third-order valence-electron chi connectivity index (χ3n) is 6.61. The number of rotatable bonds is 10. The van der Waals surface area contributed by atoms with Gasteiger partial charge in [0.25, 0.3) is 5.91 Å². The number of β-lactam (4-membered cyclic amide) rings is 1. The molecule has 0 aliphatic carbocycles. The van der Waals surface area contributed by atoms with Crippen molar-refractivity contribution in [1.29, 1.82) is 0 Å². The second-order valence-electron chi connectivity index (χ2n) is 9.25. The van der Waals surface area contributed by atoms with Crippen molar-refractivity contribution in [3.8, 4) is 0 Å². The van der Waals surface area contributed by atoms with Crippen LogP contribution in [-0.2, 0) is 24.8 Å². The van der Waals surface area contributed by atoms with Gasteiger partial charge in [0.15, 0.2) is 10.8 Å². The Morgan fingerprint density at radius 3 is 1.98 bits per heavy atom. The van der Waals surface area contributed by atoms with Gasteiger partial charge in [0.1, 0.15) is 17.3 Å². The highest BCUT2D eigenvalue weighted by atomic mass is 127. The third kappa shape index (κ3) is 6.00.